The summed E-state index contributed by atoms with van der Waals surface area (Å²) in [7, 11) is 3.95. The van der Waals surface area contributed by atoms with Gasteiger partial charge in [-0.1, -0.05) is 6.07 Å². The maximum Gasteiger partial charge on any atom is 0.326 e. The van der Waals surface area contributed by atoms with Crippen LogP contribution in [0.5, 0.6) is 0 Å². The molecule has 0 unspecified atom stereocenters. The van der Waals surface area contributed by atoms with Crippen molar-refractivity contribution in [3.8, 4) is 0 Å². The molecule has 17 heavy (non-hydrogen) atoms. The molecule has 5 heteroatoms. The molecule has 0 radical (unpaired) electrons. The standard InChI is InChI=1S/C12H17N3O2/c1-14(2)5-6-15-11-4-3-9(8-16)7-10(11)13-12(15)17/h3-4,7,16H,5-6,8H2,1-2H3,(H,13,17). The highest BCUT2D eigenvalue weighted by Crippen LogP contribution is 2.12. The van der Waals surface area contributed by atoms with E-state index in [-0.39, 0.29) is 12.3 Å². The number of aromatic amines is 1. The quantitative estimate of drug-likeness (QED) is 0.805. The molecule has 0 fully saturated rings. The van der Waals surface area contributed by atoms with Crippen molar-refractivity contribution in [2.24, 2.45) is 0 Å². The van der Waals surface area contributed by atoms with Gasteiger partial charge in [-0.15, -0.1) is 0 Å². The number of hydrogen-bond acceptors (Lipinski definition) is 3. The first kappa shape index (κ1) is 11.9. The van der Waals surface area contributed by atoms with Crippen LogP contribution in [0.3, 0.4) is 0 Å². The van der Waals surface area contributed by atoms with Crippen LogP contribution in [-0.4, -0.2) is 40.2 Å². The van der Waals surface area contributed by atoms with E-state index in [9.17, 15) is 4.79 Å². The normalized spacial score (nSPS) is 11.5. The van der Waals surface area contributed by atoms with Crippen LogP contribution in [0.2, 0.25) is 0 Å². The second-order valence-electron chi connectivity index (χ2n) is 4.39. The number of benzene rings is 1. The van der Waals surface area contributed by atoms with E-state index in [1.165, 1.54) is 0 Å². The molecule has 0 bridgehead atoms. The molecule has 1 aromatic carbocycles. The summed E-state index contributed by atoms with van der Waals surface area (Å²) in [6.45, 7) is 1.46. The number of hydrogen-bond donors (Lipinski definition) is 2. The van der Waals surface area contributed by atoms with Gasteiger partial charge in [0, 0.05) is 13.1 Å². The number of aliphatic hydroxyl groups is 1. The number of imidazole rings is 1. The molecule has 0 spiro atoms. The van der Waals surface area contributed by atoms with Crippen LogP contribution in [-0.2, 0) is 13.2 Å². The number of fused-ring (bicyclic) bond motifs is 1. The van der Waals surface area contributed by atoms with Gasteiger partial charge in [0.15, 0.2) is 0 Å². The zero-order valence-electron chi connectivity index (χ0n) is 10.1. The Balaban J connectivity index is 2.42. The molecular formula is C12H17N3O2. The number of H-pyrrole nitrogens is 1. The van der Waals surface area contributed by atoms with Gasteiger partial charge in [-0.25, -0.2) is 4.79 Å². The first-order valence-electron chi connectivity index (χ1n) is 5.59. The van der Waals surface area contributed by atoms with Crippen molar-refractivity contribution < 1.29 is 5.11 Å². The monoisotopic (exact) mass is 235 g/mol. The molecule has 0 saturated heterocycles. The molecule has 0 amide bonds. The summed E-state index contributed by atoms with van der Waals surface area (Å²) < 4.78 is 1.72. The first-order valence-corrected chi connectivity index (χ1v) is 5.59. The lowest BCUT2D eigenvalue weighted by atomic mass is 10.2. The number of likely N-dealkylation sites (N-methyl/N-ethyl adjacent to an activating group) is 1. The highest BCUT2D eigenvalue weighted by Gasteiger charge is 2.07. The predicted octanol–water partition coefficient (Wildman–Crippen LogP) is 0.384. The van der Waals surface area contributed by atoms with Gasteiger partial charge in [-0.3, -0.25) is 4.57 Å². The van der Waals surface area contributed by atoms with Crippen LogP contribution in [0.15, 0.2) is 23.0 Å². The van der Waals surface area contributed by atoms with Gasteiger partial charge in [-0.2, -0.15) is 0 Å². The van der Waals surface area contributed by atoms with E-state index in [1.54, 1.807) is 4.57 Å². The second kappa shape index (κ2) is 4.73. The second-order valence-corrected chi connectivity index (χ2v) is 4.39. The molecule has 1 aromatic heterocycles. The molecule has 0 atom stereocenters. The molecule has 92 valence electrons. The molecular weight excluding hydrogens is 218 g/mol. The highest BCUT2D eigenvalue weighted by molar-refractivity contribution is 5.76. The fourth-order valence-electron chi connectivity index (χ4n) is 1.83. The van der Waals surface area contributed by atoms with E-state index < -0.39 is 0 Å². The zero-order chi connectivity index (χ0) is 12.4. The van der Waals surface area contributed by atoms with Gasteiger partial charge in [-0.05, 0) is 31.8 Å². The Bertz CT molecular complexity index is 569. The van der Waals surface area contributed by atoms with E-state index in [1.807, 2.05) is 37.2 Å². The molecule has 0 aliphatic rings. The van der Waals surface area contributed by atoms with Crippen molar-refractivity contribution in [1.82, 2.24) is 14.5 Å². The molecule has 2 N–H and O–H groups in total. The minimum absolute atomic E-state index is 0.0130. The Morgan fingerprint density at radius 3 is 2.82 bits per heavy atom. The average molecular weight is 235 g/mol. The van der Waals surface area contributed by atoms with Gasteiger partial charge < -0.3 is 15.0 Å². The van der Waals surface area contributed by atoms with Crippen LogP contribution < -0.4 is 5.69 Å². The van der Waals surface area contributed by atoms with E-state index in [2.05, 4.69) is 4.98 Å². The van der Waals surface area contributed by atoms with Gasteiger partial charge in [0.25, 0.3) is 0 Å². The predicted molar refractivity (Wildman–Crippen MR) is 67.0 cm³/mol. The zero-order valence-corrected chi connectivity index (χ0v) is 10.1. The summed E-state index contributed by atoms with van der Waals surface area (Å²) in [5.74, 6) is 0. The van der Waals surface area contributed by atoms with E-state index in [4.69, 9.17) is 5.11 Å². The number of rotatable bonds is 4. The first-order chi connectivity index (χ1) is 8.11. The van der Waals surface area contributed by atoms with Crippen LogP contribution in [0, 0.1) is 0 Å². The van der Waals surface area contributed by atoms with Crippen molar-refractivity contribution in [3.05, 3.63) is 34.2 Å². The topological polar surface area (TPSA) is 61.3 Å². The van der Waals surface area contributed by atoms with E-state index >= 15 is 0 Å². The Labute approximate surface area is 99.3 Å². The fourth-order valence-corrected chi connectivity index (χ4v) is 1.83. The molecule has 0 aliphatic carbocycles. The van der Waals surface area contributed by atoms with E-state index in [0.29, 0.717) is 6.54 Å². The summed E-state index contributed by atoms with van der Waals surface area (Å²) >= 11 is 0. The van der Waals surface area contributed by atoms with Crippen molar-refractivity contribution in [3.63, 3.8) is 0 Å². The third kappa shape index (κ3) is 2.40. The number of aromatic nitrogens is 2. The summed E-state index contributed by atoms with van der Waals surface area (Å²) in [5.41, 5.74) is 2.37. The van der Waals surface area contributed by atoms with Gasteiger partial charge in [0.2, 0.25) is 0 Å². The van der Waals surface area contributed by atoms with Crippen LogP contribution in [0.1, 0.15) is 5.56 Å². The molecule has 1 heterocycles. The average Bonchev–Trinajstić information content (AvgIpc) is 2.60. The Morgan fingerprint density at radius 1 is 1.41 bits per heavy atom. The van der Waals surface area contributed by atoms with Gasteiger partial charge in [0.05, 0.1) is 17.6 Å². The molecule has 2 rings (SSSR count). The number of nitrogens with zero attached hydrogens (tertiary/aromatic N) is 2. The highest BCUT2D eigenvalue weighted by atomic mass is 16.3. The SMILES string of the molecule is CN(C)CCn1c(=O)[nH]c2cc(CO)ccc21. The third-order valence-electron chi connectivity index (χ3n) is 2.79. The maximum atomic E-state index is 11.8. The minimum Gasteiger partial charge on any atom is -0.392 e. The van der Waals surface area contributed by atoms with Crippen molar-refractivity contribution >= 4 is 11.0 Å². The maximum absolute atomic E-state index is 11.8. The summed E-state index contributed by atoms with van der Waals surface area (Å²) in [4.78, 5) is 16.6. The van der Waals surface area contributed by atoms with Crippen LogP contribution >= 0.6 is 0 Å². The van der Waals surface area contributed by atoms with Crippen molar-refractivity contribution in [1.29, 1.82) is 0 Å². The fraction of sp³-hybridized carbons (Fsp3) is 0.417. The minimum atomic E-state index is -0.100. The van der Waals surface area contributed by atoms with Gasteiger partial charge >= 0.3 is 5.69 Å². The van der Waals surface area contributed by atoms with Crippen molar-refractivity contribution in [2.45, 2.75) is 13.2 Å². The lowest BCUT2D eigenvalue weighted by Gasteiger charge is -2.09. The van der Waals surface area contributed by atoms with Crippen molar-refractivity contribution in [2.75, 3.05) is 20.6 Å². The molecule has 0 aliphatic heterocycles. The Kier molecular flexibility index (Phi) is 3.31. The number of nitrogens with one attached hydrogen (secondary N) is 1. The third-order valence-corrected chi connectivity index (χ3v) is 2.79. The Hall–Kier alpha value is -1.59. The summed E-state index contributed by atoms with van der Waals surface area (Å²) in [6.07, 6.45) is 0. The van der Waals surface area contributed by atoms with Crippen LogP contribution in [0.4, 0.5) is 0 Å². The molecule has 5 nitrogen and oxygen atoms in total. The van der Waals surface area contributed by atoms with E-state index in [0.717, 1.165) is 23.1 Å². The van der Waals surface area contributed by atoms with Crippen LogP contribution in [0.25, 0.3) is 11.0 Å². The molecule has 0 saturated carbocycles. The van der Waals surface area contributed by atoms with Gasteiger partial charge in [0.1, 0.15) is 0 Å². The number of aliphatic hydroxyl groups excluding tert-OH is 1. The smallest absolute Gasteiger partial charge is 0.326 e. The lowest BCUT2D eigenvalue weighted by molar-refractivity contribution is 0.282. The lowest BCUT2D eigenvalue weighted by Crippen LogP contribution is -2.24. The largest absolute Gasteiger partial charge is 0.392 e. The summed E-state index contributed by atoms with van der Waals surface area (Å²) in [5, 5.41) is 9.04. The summed E-state index contributed by atoms with van der Waals surface area (Å²) in [6, 6.07) is 5.51. The Morgan fingerprint density at radius 2 is 2.18 bits per heavy atom. The molecule has 2 aromatic rings.